The largest absolute Gasteiger partial charge is 0.269 e. The second-order valence-corrected chi connectivity index (χ2v) is 3.24. The van der Waals surface area contributed by atoms with Crippen LogP contribution in [-0.4, -0.2) is 31.4 Å². The van der Waals surface area contributed by atoms with Gasteiger partial charge in [0.15, 0.2) is 0 Å². The maximum Gasteiger partial charge on any atom is 0.269 e. The van der Waals surface area contributed by atoms with Crippen molar-refractivity contribution in [2.24, 2.45) is 4.99 Å². The lowest BCUT2D eigenvalue weighted by Gasteiger charge is -1.96. The van der Waals surface area contributed by atoms with Gasteiger partial charge in [-0.25, -0.2) is 9.67 Å². The van der Waals surface area contributed by atoms with Gasteiger partial charge in [0.2, 0.25) is 0 Å². The number of nitrogens with zero attached hydrogens (tertiary/aromatic N) is 6. The van der Waals surface area contributed by atoms with Crippen LogP contribution in [0.15, 0.2) is 29.5 Å². The molecule has 0 aliphatic heterocycles. The summed E-state index contributed by atoms with van der Waals surface area (Å²) in [6, 6.07) is 3.74. The summed E-state index contributed by atoms with van der Waals surface area (Å²) in [4.78, 5) is 8.16. The molecule has 2 aromatic rings. The Hall–Kier alpha value is -2.11. The molecule has 0 aliphatic rings. The molecule has 6 heteroatoms. The van der Waals surface area contributed by atoms with Crippen molar-refractivity contribution in [2.75, 3.05) is 0 Å². The minimum Gasteiger partial charge on any atom is -0.265 e. The maximum absolute atomic E-state index is 4.23. The van der Waals surface area contributed by atoms with E-state index in [2.05, 4.69) is 32.4 Å². The first-order valence-electron chi connectivity index (χ1n) is 5.10. The molecular formula is C10H12N6. The molecule has 0 unspecified atom stereocenters. The minimum atomic E-state index is 0.527. The fraction of sp³-hybridized carbons (Fsp3) is 0.300. The van der Waals surface area contributed by atoms with Crippen molar-refractivity contribution in [3.8, 4) is 0 Å². The van der Waals surface area contributed by atoms with E-state index in [1.165, 1.54) is 0 Å². The van der Waals surface area contributed by atoms with Crippen molar-refractivity contribution < 1.29 is 0 Å². The third kappa shape index (κ3) is 2.47. The summed E-state index contributed by atoms with van der Waals surface area (Å²) in [5, 5.41) is 11.3. The average Bonchev–Trinajstić information content (AvgIpc) is 2.76. The van der Waals surface area contributed by atoms with E-state index in [1.807, 2.05) is 12.1 Å². The first-order chi connectivity index (χ1) is 7.90. The van der Waals surface area contributed by atoms with Gasteiger partial charge >= 0.3 is 0 Å². The lowest BCUT2D eigenvalue weighted by molar-refractivity contribution is 0.582. The first kappa shape index (κ1) is 10.4. The quantitative estimate of drug-likeness (QED) is 0.721. The highest BCUT2D eigenvalue weighted by Gasteiger charge is 2.01. The van der Waals surface area contributed by atoms with Gasteiger partial charge in [-0.1, -0.05) is 12.0 Å². The molecule has 0 aromatic carbocycles. The zero-order valence-electron chi connectivity index (χ0n) is 8.98. The van der Waals surface area contributed by atoms with E-state index >= 15 is 0 Å². The Morgan fingerprint density at radius 3 is 2.94 bits per heavy atom. The van der Waals surface area contributed by atoms with Gasteiger partial charge in [-0.15, -0.1) is 0 Å². The third-order valence-electron chi connectivity index (χ3n) is 1.98. The van der Waals surface area contributed by atoms with Crippen molar-refractivity contribution in [3.05, 3.63) is 30.1 Å². The van der Waals surface area contributed by atoms with E-state index in [0.29, 0.717) is 5.95 Å². The van der Waals surface area contributed by atoms with Crippen molar-refractivity contribution in [3.63, 3.8) is 0 Å². The molecule has 0 saturated carbocycles. The highest BCUT2D eigenvalue weighted by molar-refractivity contribution is 5.80. The lowest BCUT2D eigenvalue weighted by atomic mass is 10.3. The van der Waals surface area contributed by atoms with Crippen LogP contribution in [0, 0.1) is 0 Å². The molecule has 0 bridgehead atoms. The average molecular weight is 216 g/mol. The summed E-state index contributed by atoms with van der Waals surface area (Å²) < 4.78 is 1.68. The van der Waals surface area contributed by atoms with Crippen molar-refractivity contribution in [2.45, 2.75) is 19.9 Å². The van der Waals surface area contributed by atoms with E-state index < -0.39 is 0 Å². The SMILES string of the molecule is CCCn1nnnc1/N=C/c1ccncc1. The number of aliphatic imine (C=N–C) groups is 1. The van der Waals surface area contributed by atoms with E-state index in [9.17, 15) is 0 Å². The van der Waals surface area contributed by atoms with Crippen LogP contribution in [0.1, 0.15) is 18.9 Å². The lowest BCUT2D eigenvalue weighted by Crippen LogP contribution is -1.98. The number of hydrogen-bond acceptors (Lipinski definition) is 5. The maximum atomic E-state index is 4.23. The molecule has 0 aliphatic carbocycles. The summed E-state index contributed by atoms with van der Waals surface area (Å²) in [5.74, 6) is 0.527. The monoisotopic (exact) mass is 216 g/mol. The van der Waals surface area contributed by atoms with Crippen LogP contribution in [0.5, 0.6) is 0 Å². The van der Waals surface area contributed by atoms with Gasteiger partial charge in [-0.3, -0.25) is 4.98 Å². The predicted molar refractivity (Wildman–Crippen MR) is 59.6 cm³/mol. The fourth-order valence-electron chi connectivity index (χ4n) is 1.23. The molecule has 0 radical (unpaired) electrons. The highest BCUT2D eigenvalue weighted by Crippen LogP contribution is 2.05. The van der Waals surface area contributed by atoms with E-state index in [-0.39, 0.29) is 0 Å². The normalized spacial score (nSPS) is 11.1. The van der Waals surface area contributed by atoms with Gasteiger partial charge in [-0.2, -0.15) is 0 Å². The van der Waals surface area contributed by atoms with Crippen LogP contribution in [0.3, 0.4) is 0 Å². The summed E-state index contributed by atoms with van der Waals surface area (Å²) in [6.45, 7) is 2.84. The molecule has 0 spiro atoms. The van der Waals surface area contributed by atoms with Gasteiger partial charge in [0.1, 0.15) is 0 Å². The van der Waals surface area contributed by atoms with Crippen molar-refractivity contribution in [1.29, 1.82) is 0 Å². The topological polar surface area (TPSA) is 68.8 Å². The number of pyridine rings is 1. The molecule has 0 fully saturated rings. The van der Waals surface area contributed by atoms with Crippen LogP contribution in [0.2, 0.25) is 0 Å². The molecular weight excluding hydrogens is 204 g/mol. The van der Waals surface area contributed by atoms with Gasteiger partial charge in [0.05, 0.1) is 0 Å². The minimum absolute atomic E-state index is 0.527. The molecule has 82 valence electrons. The molecule has 0 N–H and O–H groups in total. The summed E-state index contributed by atoms with van der Waals surface area (Å²) in [5.41, 5.74) is 0.973. The summed E-state index contributed by atoms with van der Waals surface area (Å²) in [6.07, 6.45) is 6.13. The van der Waals surface area contributed by atoms with Crippen LogP contribution in [0.25, 0.3) is 0 Å². The number of aryl methyl sites for hydroxylation is 1. The van der Waals surface area contributed by atoms with Gasteiger partial charge in [-0.05, 0) is 34.5 Å². The summed E-state index contributed by atoms with van der Waals surface area (Å²) in [7, 11) is 0. The molecule has 6 nitrogen and oxygen atoms in total. The Kier molecular flexibility index (Phi) is 3.32. The smallest absolute Gasteiger partial charge is 0.265 e. The Bertz CT molecular complexity index is 461. The van der Waals surface area contributed by atoms with E-state index in [4.69, 9.17) is 0 Å². The molecule has 2 heterocycles. The van der Waals surface area contributed by atoms with Gasteiger partial charge in [0.25, 0.3) is 5.95 Å². The van der Waals surface area contributed by atoms with Crippen molar-refractivity contribution in [1.82, 2.24) is 25.2 Å². The van der Waals surface area contributed by atoms with Crippen LogP contribution < -0.4 is 0 Å². The Morgan fingerprint density at radius 1 is 1.38 bits per heavy atom. The summed E-state index contributed by atoms with van der Waals surface area (Å²) >= 11 is 0. The molecule has 0 atom stereocenters. The van der Waals surface area contributed by atoms with Crippen molar-refractivity contribution >= 4 is 12.2 Å². The third-order valence-corrected chi connectivity index (χ3v) is 1.98. The zero-order chi connectivity index (χ0) is 11.2. The molecule has 0 saturated heterocycles. The molecule has 2 aromatic heterocycles. The van der Waals surface area contributed by atoms with Gasteiger partial charge < -0.3 is 0 Å². The number of rotatable bonds is 4. The highest BCUT2D eigenvalue weighted by atomic mass is 15.6. The standard InChI is InChI=1S/C10H12N6/c1-2-7-16-10(13-14-15-16)12-8-9-3-5-11-6-4-9/h3-6,8H,2,7H2,1H3/b12-8+. The molecule has 2 rings (SSSR count). The number of aromatic nitrogens is 5. The Balaban J connectivity index is 2.14. The van der Waals surface area contributed by atoms with Crippen LogP contribution in [-0.2, 0) is 6.54 Å². The Labute approximate surface area is 93.0 Å². The second-order valence-electron chi connectivity index (χ2n) is 3.24. The molecule has 0 amide bonds. The predicted octanol–water partition coefficient (Wildman–Crippen LogP) is 1.23. The van der Waals surface area contributed by atoms with Crippen LogP contribution >= 0.6 is 0 Å². The van der Waals surface area contributed by atoms with Crippen LogP contribution in [0.4, 0.5) is 5.95 Å². The number of tetrazole rings is 1. The fourth-order valence-corrected chi connectivity index (χ4v) is 1.23. The first-order valence-corrected chi connectivity index (χ1v) is 5.10. The Morgan fingerprint density at radius 2 is 2.19 bits per heavy atom. The van der Waals surface area contributed by atoms with E-state index in [1.54, 1.807) is 23.3 Å². The second kappa shape index (κ2) is 5.11. The number of hydrogen-bond donors (Lipinski definition) is 0. The van der Waals surface area contributed by atoms with E-state index in [0.717, 1.165) is 18.5 Å². The zero-order valence-corrected chi connectivity index (χ0v) is 8.98. The molecule has 16 heavy (non-hydrogen) atoms. The van der Waals surface area contributed by atoms with Gasteiger partial charge in [0, 0.05) is 25.2 Å².